The number of aliphatic imine (C=N–C) groups is 3. The van der Waals surface area contributed by atoms with Gasteiger partial charge in [-0.3, -0.25) is 16.0 Å². The van der Waals surface area contributed by atoms with E-state index in [1.807, 2.05) is 12.1 Å². The number of nitrogens with one attached hydrogen (secondary N) is 1. The van der Waals surface area contributed by atoms with Crippen molar-refractivity contribution < 1.29 is 20.1 Å². The standard InChI is InChI=1S/C19H24N6O4S/c20-19(24-11-5-10-3-1-2-4-13(10)30-7-11)16-17(21-8-23-19)25(9-22-16)18-15(28)14(27)12(6-26)29-18/h1-4,8,11-12,14-15,18,24,26-28H,5-7,9,20H2/t11?,12-,14-,15-,18-,19?/m1/s1. The summed E-state index contributed by atoms with van der Waals surface area (Å²) in [7, 11) is 0. The average Bonchev–Trinajstić information content (AvgIpc) is 3.30. The van der Waals surface area contributed by atoms with E-state index in [-0.39, 0.29) is 12.7 Å². The molecule has 5 rings (SSSR count). The topological polar surface area (TPSA) is 148 Å². The molecule has 10 nitrogen and oxygen atoms in total. The van der Waals surface area contributed by atoms with Gasteiger partial charge in [-0.1, -0.05) is 18.2 Å². The van der Waals surface area contributed by atoms with Gasteiger partial charge in [-0.2, -0.15) is 0 Å². The molecule has 160 valence electrons. The van der Waals surface area contributed by atoms with E-state index in [1.165, 1.54) is 16.8 Å². The number of hydrogen-bond acceptors (Lipinski definition) is 11. The van der Waals surface area contributed by atoms with Crippen LogP contribution < -0.4 is 11.1 Å². The first kappa shape index (κ1) is 20.1. The van der Waals surface area contributed by atoms with E-state index in [0.717, 1.165) is 12.2 Å². The molecule has 2 unspecified atom stereocenters. The Morgan fingerprint density at radius 3 is 2.93 bits per heavy atom. The molecule has 0 amide bonds. The summed E-state index contributed by atoms with van der Waals surface area (Å²) in [5.41, 5.74) is 8.36. The van der Waals surface area contributed by atoms with E-state index >= 15 is 0 Å². The number of aliphatic hydroxyl groups is 3. The Morgan fingerprint density at radius 1 is 1.30 bits per heavy atom. The molecule has 4 aliphatic rings. The predicted molar refractivity (Wildman–Crippen MR) is 113 cm³/mol. The Hall–Kier alpha value is -1.86. The molecule has 30 heavy (non-hydrogen) atoms. The highest BCUT2D eigenvalue weighted by molar-refractivity contribution is 7.99. The summed E-state index contributed by atoms with van der Waals surface area (Å²) in [4.78, 5) is 16.1. The molecule has 6 atom stereocenters. The molecule has 0 aromatic heterocycles. The summed E-state index contributed by atoms with van der Waals surface area (Å²) >= 11 is 1.78. The molecule has 1 aromatic carbocycles. The number of fused-ring (bicyclic) bond motifs is 2. The lowest BCUT2D eigenvalue weighted by Crippen LogP contribution is -2.66. The second kappa shape index (κ2) is 7.68. The van der Waals surface area contributed by atoms with Crippen LogP contribution in [0.15, 0.2) is 44.1 Å². The van der Waals surface area contributed by atoms with Gasteiger partial charge >= 0.3 is 0 Å². The van der Waals surface area contributed by atoms with E-state index in [0.29, 0.717) is 11.5 Å². The van der Waals surface area contributed by atoms with Gasteiger partial charge < -0.3 is 25.0 Å². The first-order chi connectivity index (χ1) is 14.5. The van der Waals surface area contributed by atoms with Crippen LogP contribution >= 0.6 is 11.8 Å². The maximum Gasteiger partial charge on any atom is 0.211 e. The number of nitrogens with two attached hydrogens (primary N) is 1. The molecular formula is C19H24N6O4S. The van der Waals surface area contributed by atoms with Crippen LogP contribution in [0, 0.1) is 0 Å². The molecule has 4 heterocycles. The van der Waals surface area contributed by atoms with E-state index in [9.17, 15) is 15.3 Å². The number of hydrogen-bond donors (Lipinski definition) is 5. The Kier molecular flexibility index (Phi) is 5.14. The van der Waals surface area contributed by atoms with Crippen molar-refractivity contribution in [3.63, 3.8) is 0 Å². The largest absolute Gasteiger partial charge is 0.394 e. The molecule has 6 N–H and O–H groups in total. The van der Waals surface area contributed by atoms with Gasteiger partial charge in [-0.15, -0.1) is 11.8 Å². The van der Waals surface area contributed by atoms with Gasteiger partial charge in [0.2, 0.25) is 5.79 Å². The van der Waals surface area contributed by atoms with Crippen molar-refractivity contribution in [3.8, 4) is 0 Å². The van der Waals surface area contributed by atoms with Gasteiger partial charge in [0.05, 0.1) is 6.61 Å². The average molecular weight is 433 g/mol. The monoisotopic (exact) mass is 432 g/mol. The molecule has 1 aromatic rings. The number of amidine groups is 1. The van der Waals surface area contributed by atoms with Gasteiger partial charge in [0.25, 0.3) is 0 Å². The van der Waals surface area contributed by atoms with Crippen LogP contribution in [-0.2, 0) is 11.2 Å². The number of benzene rings is 1. The molecule has 0 bridgehead atoms. The zero-order valence-electron chi connectivity index (χ0n) is 16.1. The van der Waals surface area contributed by atoms with E-state index < -0.39 is 36.9 Å². The number of nitrogens with zero attached hydrogens (tertiary/aromatic N) is 4. The van der Waals surface area contributed by atoms with Crippen LogP contribution in [0.2, 0.25) is 0 Å². The van der Waals surface area contributed by atoms with Crippen molar-refractivity contribution in [2.24, 2.45) is 20.7 Å². The second-order valence-electron chi connectivity index (χ2n) is 7.77. The van der Waals surface area contributed by atoms with Crippen molar-refractivity contribution in [2.45, 2.75) is 47.7 Å². The zero-order chi connectivity index (χ0) is 20.9. The lowest BCUT2D eigenvalue weighted by atomic mass is 10.0. The van der Waals surface area contributed by atoms with Crippen molar-refractivity contribution in [1.29, 1.82) is 0 Å². The lowest BCUT2D eigenvalue weighted by molar-refractivity contribution is -0.0688. The number of ether oxygens (including phenoxy) is 1. The predicted octanol–water partition coefficient (Wildman–Crippen LogP) is -1.50. The van der Waals surface area contributed by atoms with Crippen LogP contribution in [0.3, 0.4) is 0 Å². The van der Waals surface area contributed by atoms with Crippen LogP contribution in [-0.4, -0.2) is 93.5 Å². The molecule has 4 aliphatic heterocycles. The quantitative estimate of drug-likeness (QED) is 0.361. The van der Waals surface area contributed by atoms with Crippen molar-refractivity contribution in [3.05, 3.63) is 29.8 Å². The molecule has 11 heteroatoms. The van der Waals surface area contributed by atoms with Gasteiger partial charge in [-0.25, -0.2) is 9.98 Å². The van der Waals surface area contributed by atoms with Crippen molar-refractivity contribution in [1.82, 2.24) is 10.2 Å². The fraction of sp³-hybridized carbons (Fsp3) is 0.526. The highest BCUT2D eigenvalue weighted by Gasteiger charge is 2.51. The SMILES string of the molecule is NC1(NC2CSc3ccccc3C2)N=CN=C2C1=NCN2[C@@H]1O[C@H](CO)[C@@H](O)[C@H]1O. The molecule has 1 saturated heterocycles. The third-order valence-corrected chi connectivity index (χ3v) is 7.07. The first-order valence-corrected chi connectivity index (χ1v) is 10.8. The minimum Gasteiger partial charge on any atom is -0.394 e. The Labute approximate surface area is 177 Å². The highest BCUT2D eigenvalue weighted by Crippen LogP contribution is 2.32. The Balaban J connectivity index is 1.33. The fourth-order valence-electron chi connectivity index (χ4n) is 4.26. The second-order valence-corrected chi connectivity index (χ2v) is 8.84. The summed E-state index contributed by atoms with van der Waals surface area (Å²) in [5.74, 6) is 0.0461. The first-order valence-electron chi connectivity index (χ1n) is 9.83. The molecule has 1 fully saturated rings. The summed E-state index contributed by atoms with van der Waals surface area (Å²) in [5, 5.41) is 33.2. The maximum atomic E-state index is 10.4. The summed E-state index contributed by atoms with van der Waals surface area (Å²) in [6.45, 7) is -0.236. The summed E-state index contributed by atoms with van der Waals surface area (Å²) in [6, 6.07) is 8.41. The molecule has 0 radical (unpaired) electrons. The lowest BCUT2D eigenvalue weighted by Gasteiger charge is -2.36. The zero-order valence-corrected chi connectivity index (χ0v) is 16.9. The molecule has 0 spiro atoms. The third kappa shape index (κ3) is 3.26. The van der Waals surface area contributed by atoms with Gasteiger partial charge in [0, 0.05) is 16.7 Å². The van der Waals surface area contributed by atoms with Crippen LogP contribution in [0.25, 0.3) is 0 Å². The highest BCUT2D eigenvalue weighted by atomic mass is 32.2. The minimum absolute atomic E-state index is 0.0945. The van der Waals surface area contributed by atoms with E-state index in [4.69, 9.17) is 10.5 Å². The van der Waals surface area contributed by atoms with Crippen molar-refractivity contribution >= 4 is 29.6 Å². The molecular weight excluding hydrogens is 408 g/mol. The van der Waals surface area contributed by atoms with E-state index in [2.05, 4.69) is 32.4 Å². The number of aliphatic hydroxyl groups excluding tert-OH is 3. The van der Waals surface area contributed by atoms with Gasteiger partial charge in [0.1, 0.15) is 37.0 Å². The van der Waals surface area contributed by atoms with Crippen LogP contribution in [0.1, 0.15) is 5.56 Å². The normalized spacial score (nSPS) is 37.6. The Morgan fingerprint density at radius 2 is 2.13 bits per heavy atom. The van der Waals surface area contributed by atoms with Crippen molar-refractivity contribution in [2.75, 3.05) is 19.0 Å². The van der Waals surface area contributed by atoms with Gasteiger partial charge in [-0.05, 0) is 18.1 Å². The Bertz CT molecular complexity index is 926. The molecule has 0 saturated carbocycles. The van der Waals surface area contributed by atoms with Gasteiger partial charge in [0.15, 0.2) is 12.1 Å². The van der Waals surface area contributed by atoms with Crippen LogP contribution in [0.5, 0.6) is 0 Å². The third-order valence-electron chi connectivity index (χ3n) is 5.79. The fourth-order valence-corrected chi connectivity index (χ4v) is 5.35. The van der Waals surface area contributed by atoms with Crippen LogP contribution in [0.4, 0.5) is 0 Å². The van der Waals surface area contributed by atoms with E-state index in [1.54, 1.807) is 16.7 Å². The number of thioether (sulfide) groups is 1. The smallest absolute Gasteiger partial charge is 0.211 e. The summed E-state index contributed by atoms with van der Waals surface area (Å²) in [6.07, 6.45) is -1.94. The minimum atomic E-state index is -1.25. The number of rotatable bonds is 4. The molecule has 0 aliphatic carbocycles. The maximum absolute atomic E-state index is 10.4. The summed E-state index contributed by atoms with van der Waals surface area (Å²) < 4.78 is 5.64.